The van der Waals surface area contributed by atoms with Gasteiger partial charge >= 0.3 is 0 Å². The van der Waals surface area contributed by atoms with E-state index in [1.165, 1.54) is 19.2 Å². The third kappa shape index (κ3) is 2.56. The number of nitrogens with zero attached hydrogens (tertiary/aromatic N) is 2. The summed E-state index contributed by atoms with van der Waals surface area (Å²) in [6.07, 6.45) is 2.16. The molecule has 9 heteroatoms. The van der Waals surface area contributed by atoms with Gasteiger partial charge in [-0.25, -0.2) is 12.8 Å². The molecular formula is C10H11FN4O3S. The van der Waals surface area contributed by atoms with Crippen molar-refractivity contribution in [3.05, 3.63) is 35.7 Å². The summed E-state index contributed by atoms with van der Waals surface area (Å²) in [5.74, 6) is -0.794. The van der Waals surface area contributed by atoms with Crippen LogP contribution in [0.3, 0.4) is 0 Å². The minimum absolute atomic E-state index is 0.0283. The smallest absolute Gasteiger partial charge is 0.265 e. The number of H-pyrrole nitrogens is 1. The molecule has 0 unspecified atom stereocenters. The Morgan fingerprint density at radius 2 is 2.26 bits per heavy atom. The van der Waals surface area contributed by atoms with Crippen molar-refractivity contribution in [3.8, 4) is 0 Å². The van der Waals surface area contributed by atoms with E-state index in [2.05, 4.69) is 19.9 Å². The van der Waals surface area contributed by atoms with Gasteiger partial charge in [0.25, 0.3) is 10.0 Å². The molecule has 0 radical (unpaired) electrons. The highest BCUT2D eigenvalue weighted by atomic mass is 32.2. The fraction of sp³-hybridized carbons (Fsp3) is 0.200. The van der Waals surface area contributed by atoms with Gasteiger partial charge < -0.3 is 5.11 Å². The van der Waals surface area contributed by atoms with Crippen LogP contribution in [-0.2, 0) is 16.6 Å². The molecule has 0 aliphatic rings. The first-order valence-electron chi connectivity index (χ1n) is 5.22. The summed E-state index contributed by atoms with van der Waals surface area (Å²) < 4.78 is 39.8. The fourth-order valence-corrected chi connectivity index (χ4v) is 3.01. The number of hydrogen-bond donors (Lipinski definition) is 3. The normalized spacial score (nSPS) is 11.5. The van der Waals surface area contributed by atoms with Crippen molar-refractivity contribution in [3.63, 3.8) is 0 Å². The second-order valence-electron chi connectivity index (χ2n) is 3.74. The second kappa shape index (κ2) is 4.94. The number of nitrogens with one attached hydrogen (secondary N) is 2. The van der Waals surface area contributed by atoms with Crippen molar-refractivity contribution in [1.82, 2.24) is 15.2 Å². The van der Waals surface area contributed by atoms with Crippen LogP contribution >= 0.6 is 0 Å². The summed E-state index contributed by atoms with van der Waals surface area (Å²) in [5.41, 5.74) is 0.00460. The highest BCUT2D eigenvalue weighted by Crippen LogP contribution is 2.22. The van der Waals surface area contributed by atoms with E-state index in [1.807, 2.05) is 0 Å². The molecule has 0 aliphatic heterocycles. The number of anilines is 1. The van der Waals surface area contributed by atoms with Gasteiger partial charge in [-0.1, -0.05) is 0 Å². The molecule has 19 heavy (non-hydrogen) atoms. The zero-order valence-electron chi connectivity index (χ0n) is 9.88. The lowest BCUT2D eigenvalue weighted by atomic mass is 10.4. The van der Waals surface area contributed by atoms with E-state index in [-0.39, 0.29) is 22.0 Å². The minimum atomic E-state index is -4.04. The van der Waals surface area contributed by atoms with Crippen LogP contribution in [0.1, 0.15) is 11.4 Å². The largest absolute Gasteiger partial charge is 0.390 e. The first-order chi connectivity index (χ1) is 8.95. The molecule has 0 amide bonds. The van der Waals surface area contributed by atoms with Crippen molar-refractivity contribution < 1.29 is 17.9 Å². The zero-order chi connectivity index (χ0) is 14.0. The number of aliphatic hydroxyl groups is 1. The van der Waals surface area contributed by atoms with Crippen molar-refractivity contribution in [2.45, 2.75) is 18.4 Å². The van der Waals surface area contributed by atoms with E-state index in [9.17, 15) is 12.8 Å². The average Bonchev–Trinajstić information content (AvgIpc) is 2.74. The molecule has 0 saturated heterocycles. The van der Waals surface area contributed by atoms with Crippen LogP contribution in [0.4, 0.5) is 10.1 Å². The zero-order valence-corrected chi connectivity index (χ0v) is 10.7. The van der Waals surface area contributed by atoms with Gasteiger partial charge in [0, 0.05) is 6.20 Å². The molecule has 0 saturated carbocycles. The minimum Gasteiger partial charge on any atom is -0.390 e. The number of rotatable bonds is 4. The number of aliphatic hydroxyl groups excluding tert-OH is 1. The van der Waals surface area contributed by atoms with Gasteiger partial charge in [-0.05, 0) is 13.0 Å². The molecule has 2 aromatic heterocycles. The lowest BCUT2D eigenvalue weighted by Crippen LogP contribution is -2.16. The Balaban J connectivity index is 2.44. The molecule has 102 valence electrons. The number of sulfonamides is 1. The van der Waals surface area contributed by atoms with Crippen LogP contribution in [0.2, 0.25) is 0 Å². The van der Waals surface area contributed by atoms with Crippen molar-refractivity contribution >= 4 is 15.7 Å². The van der Waals surface area contributed by atoms with Crippen LogP contribution in [0.5, 0.6) is 0 Å². The van der Waals surface area contributed by atoms with Crippen molar-refractivity contribution in [1.29, 1.82) is 0 Å². The standard InChI is InChI=1S/C10H11FN4O3S/c1-6-10(9(5-16)14-13-6)19(17,18)15-8-2-3-12-4-7(8)11/h2-4,16H,5H2,1H3,(H,12,15)(H,13,14). The fourth-order valence-electron chi connectivity index (χ4n) is 1.59. The predicted octanol–water partition coefficient (Wildman–Crippen LogP) is 0.545. The summed E-state index contributed by atoms with van der Waals surface area (Å²) in [4.78, 5) is 3.33. The Labute approximate surface area is 108 Å². The second-order valence-corrected chi connectivity index (χ2v) is 5.36. The maximum atomic E-state index is 13.4. The lowest BCUT2D eigenvalue weighted by Gasteiger charge is -2.08. The predicted molar refractivity (Wildman–Crippen MR) is 64.3 cm³/mol. The van der Waals surface area contributed by atoms with E-state index in [4.69, 9.17) is 5.11 Å². The van der Waals surface area contributed by atoms with E-state index in [0.29, 0.717) is 0 Å². The molecule has 0 atom stereocenters. The Bertz CT molecular complexity index is 699. The number of hydrogen-bond acceptors (Lipinski definition) is 5. The SMILES string of the molecule is Cc1[nH]nc(CO)c1S(=O)(=O)Nc1ccncc1F. The molecule has 0 fully saturated rings. The first-order valence-corrected chi connectivity index (χ1v) is 6.71. The van der Waals surface area contributed by atoms with Crippen LogP contribution < -0.4 is 4.72 Å². The summed E-state index contributed by atoms with van der Waals surface area (Å²) >= 11 is 0. The maximum absolute atomic E-state index is 13.4. The molecule has 7 nitrogen and oxygen atoms in total. The third-order valence-electron chi connectivity index (χ3n) is 2.40. The third-order valence-corrected chi connectivity index (χ3v) is 3.96. The van der Waals surface area contributed by atoms with Gasteiger partial charge in [-0.2, -0.15) is 5.10 Å². The lowest BCUT2D eigenvalue weighted by molar-refractivity contribution is 0.273. The van der Waals surface area contributed by atoms with Crippen LogP contribution in [0.25, 0.3) is 0 Å². The molecular weight excluding hydrogens is 275 g/mol. The van der Waals surface area contributed by atoms with Gasteiger partial charge in [0.15, 0.2) is 5.82 Å². The van der Waals surface area contributed by atoms with Gasteiger partial charge in [-0.15, -0.1) is 0 Å². The topological polar surface area (TPSA) is 108 Å². The summed E-state index contributed by atoms with van der Waals surface area (Å²) in [7, 11) is -4.04. The molecule has 3 N–H and O–H groups in total. The molecule has 2 aromatic rings. The van der Waals surface area contributed by atoms with E-state index >= 15 is 0 Å². The van der Waals surface area contributed by atoms with E-state index in [0.717, 1.165) is 6.20 Å². The Morgan fingerprint density at radius 1 is 1.53 bits per heavy atom. The first kappa shape index (κ1) is 13.4. The Morgan fingerprint density at radius 3 is 2.89 bits per heavy atom. The van der Waals surface area contributed by atoms with E-state index < -0.39 is 22.4 Å². The number of aromatic amines is 1. The Kier molecular flexibility index (Phi) is 3.49. The number of aromatic nitrogens is 3. The van der Waals surface area contributed by atoms with Gasteiger partial charge in [0.05, 0.1) is 24.2 Å². The number of halogens is 1. The number of pyridine rings is 1. The summed E-state index contributed by atoms with van der Waals surface area (Å²) in [5, 5.41) is 15.2. The van der Waals surface area contributed by atoms with Gasteiger partial charge in [-0.3, -0.25) is 14.8 Å². The highest BCUT2D eigenvalue weighted by Gasteiger charge is 2.24. The summed E-state index contributed by atoms with van der Waals surface area (Å²) in [6, 6.07) is 1.20. The van der Waals surface area contributed by atoms with E-state index in [1.54, 1.807) is 0 Å². The number of aryl methyl sites for hydroxylation is 1. The molecule has 0 bridgehead atoms. The van der Waals surface area contributed by atoms with Crippen LogP contribution in [0.15, 0.2) is 23.4 Å². The van der Waals surface area contributed by atoms with Gasteiger partial charge in [0.1, 0.15) is 10.6 Å². The van der Waals surface area contributed by atoms with Gasteiger partial charge in [0.2, 0.25) is 0 Å². The molecule has 0 aromatic carbocycles. The highest BCUT2D eigenvalue weighted by molar-refractivity contribution is 7.92. The van der Waals surface area contributed by atoms with Crippen LogP contribution in [-0.4, -0.2) is 28.7 Å². The Hall–Kier alpha value is -2.00. The summed E-state index contributed by atoms with van der Waals surface area (Å²) in [6.45, 7) is 0.947. The monoisotopic (exact) mass is 286 g/mol. The molecule has 0 aliphatic carbocycles. The van der Waals surface area contributed by atoms with Crippen molar-refractivity contribution in [2.24, 2.45) is 0 Å². The molecule has 2 rings (SSSR count). The average molecular weight is 286 g/mol. The molecule has 2 heterocycles. The maximum Gasteiger partial charge on any atom is 0.265 e. The van der Waals surface area contributed by atoms with Crippen molar-refractivity contribution in [2.75, 3.05) is 4.72 Å². The van der Waals surface area contributed by atoms with Crippen LogP contribution in [0, 0.1) is 12.7 Å². The quantitative estimate of drug-likeness (QED) is 0.760. The molecule has 0 spiro atoms.